The predicted molar refractivity (Wildman–Crippen MR) is 109 cm³/mol. The van der Waals surface area contributed by atoms with Crippen LogP contribution >= 0.6 is 15.9 Å². The van der Waals surface area contributed by atoms with Crippen LogP contribution in [0, 0.1) is 6.92 Å². The SMILES string of the molecule is Cc1ccc2c(c1)COCN2C1CCN(S(=O)(=O)c2ccccc2Br)CC1. The number of fused-ring (bicyclic) bond motifs is 1. The Morgan fingerprint density at radius 3 is 2.59 bits per heavy atom. The second-order valence-electron chi connectivity index (χ2n) is 7.15. The molecule has 1 saturated heterocycles. The molecule has 5 nitrogen and oxygen atoms in total. The van der Waals surface area contributed by atoms with Crippen LogP contribution in [-0.2, 0) is 21.4 Å². The van der Waals surface area contributed by atoms with Crippen LogP contribution < -0.4 is 4.90 Å². The molecule has 0 N–H and O–H groups in total. The number of benzene rings is 2. The van der Waals surface area contributed by atoms with Crippen molar-refractivity contribution in [2.75, 3.05) is 24.7 Å². The molecule has 2 aromatic carbocycles. The van der Waals surface area contributed by atoms with Crippen LogP contribution in [-0.4, -0.2) is 38.6 Å². The second-order valence-corrected chi connectivity index (χ2v) is 9.91. The molecule has 0 amide bonds. The molecule has 2 heterocycles. The van der Waals surface area contributed by atoms with Gasteiger partial charge in [-0.3, -0.25) is 0 Å². The first-order chi connectivity index (χ1) is 13.0. The van der Waals surface area contributed by atoms with Crippen molar-refractivity contribution in [3.8, 4) is 0 Å². The Morgan fingerprint density at radius 1 is 1.11 bits per heavy atom. The highest BCUT2D eigenvalue weighted by molar-refractivity contribution is 9.10. The lowest BCUT2D eigenvalue weighted by molar-refractivity contribution is 0.0987. The molecule has 0 unspecified atom stereocenters. The minimum atomic E-state index is -3.48. The van der Waals surface area contributed by atoms with E-state index in [9.17, 15) is 8.42 Å². The molecule has 0 bridgehead atoms. The number of aryl methyl sites for hydroxylation is 1. The number of rotatable bonds is 3. The zero-order chi connectivity index (χ0) is 19.0. The van der Waals surface area contributed by atoms with Crippen molar-refractivity contribution in [2.24, 2.45) is 0 Å². The topological polar surface area (TPSA) is 49.9 Å². The Balaban J connectivity index is 1.50. The van der Waals surface area contributed by atoms with Crippen LogP contribution in [0.15, 0.2) is 51.8 Å². The van der Waals surface area contributed by atoms with E-state index in [1.54, 1.807) is 22.5 Å². The van der Waals surface area contributed by atoms with Gasteiger partial charge < -0.3 is 9.64 Å². The molecule has 0 aromatic heterocycles. The standard InChI is InChI=1S/C20H23BrN2O3S/c1-15-6-7-19-16(12-15)13-26-14-23(19)17-8-10-22(11-9-17)27(24,25)20-5-3-2-4-18(20)21/h2-7,12,17H,8-11,13-14H2,1H3. The van der Waals surface area contributed by atoms with Crippen molar-refractivity contribution in [1.82, 2.24) is 4.31 Å². The molecule has 2 aliphatic rings. The number of hydrogen-bond donors (Lipinski definition) is 0. The van der Waals surface area contributed by atoms with Gasteiger partial charge in [0.05, 0.1) is 11.5 Å². The van der Waals surface area contributed by atoms with Crippen molar-refractivity contribution in [3.63, 3.8) is 0 Å². The first kappa shape index (κ1) is 18.9. The van der Waals surface area contributed by atoms with Crippen molar-refractivity contribution >= 4 is 31.6 Å². The third-order valence-corrected chi connectivity index (χ3v) is 8.26. The molecule has 4 rings (SSSR count). The molecule has 0 saturated carbocycles. The van der Waals surface area contributed by atoms with Gasteiger partial charge in [-0.1, -0.05) is 29.8 Å². The van der Waals surface area contributed by atoms with Gasteiger partial charge in [-0.15, -0.1) is 0 Å². The normalized spacial score (nSPS) is 19.1. The molecule has 27 heavy (non-hydrogen) atoms. The first-order valence-electron chi connectivity index (χ1n) is 9.15. The van der Waals surface area contributed by atoms with E-state index in [2.05, 4.69) is 46.0 Å². The first-order valence-corrected chi connectivity index (χ1v) is 11.4. The molecule has 0 atom stereocenters. The Bertz CT molecular complexity index is 940. The summed E-state index contributed by atoms with van der Waals surface area (Å²) in [7, 11) is -3.48. The maximum atomic E-state index is 13.0. The average Bonchev–Trinajstić information content (AvgIpc) is 2.67. The second kappa shape index (κ2) is 7.54. The highest BCUT2D eigenvalue weighted by atomic mass is 79.9. The van der Waals surface area contributed by atoms with Gasteiger partial charge >= 0.3 is 0 Å². The number of sulfonamides is 1. The summed E-state index contributed by atoms with van der Waals surface area (Å²) < 4.78 is 34.0. The van der Waals surface area contributed by atoms with Gasteiger partial charge in [0.15, 0.2) is 0 Å². The van der Waals surface area contributed by atoms with Gasteiger partial charge in [-0.25, -0.2) is 8.42 Å². The molecule has 0 radical (unpaired) electrons. The lowest BCUT2D eigenvalue weighted by Gasteiger charge is -2.41. The van der Waals surface area contributed by atoms with E-state index < -0.39 is 10.0 Å². The smallest absolute Gasteiger partial charge is 0.244 e. The Kier molecular flexibility index (Phi) is 5.29. The zero-order valence-corrected chi connectivity index (χ0v) is 17.7. The number of halogens is 1. The van der Waals surface area contributed by atoms with E-state index in [-0.39, 0.29) is 6.04 Å². The molecule has 0 spiro atoms. The summed E-state index contributed by atoms with van der Waals surface area (Å²) >= 11 is 3.37. The molecule has 1 fully saturated rings. The maximum absolute atomic E-state index is 13.0. The number of hydrogen-bond acceptors (Lipinski definition) is 4. The summed E-state index contributed by atoms with van der Waals surface area (Å²) in [5, 5.41) is 0. The number of nitrogens with zero attached hydrogens (tertiary/aromatic N) is 2. The van der Waals surface area contributed by atoms with E-state index in [0.717, 1.165) is 12.8 Å². The Hall–Kier alpha value is -1.41. The monoisotopic (exact) mass is 450 g/mol. The summed E-state index contributed by atoms with van der Waals surface area (Å²) in [5.41, 5.74) is 3.66. The molecule has 0 aliphatic carbocycles. The van der Waals surface area contributed by atoms with E-state index in [0.29, 0.717) is 35.8 Å². The predicted octanol–water partition coefficient (Wildman–Crippen LogP) is 3.90. The van der Waals surface area contributed by atoms with E-state index in [1.807, 2.05) is 6.07 Å². The van der Waals surface area contributed by atoms with Gasteiger partial charge in [0.1, 0.15) is 6.73 Å². The minimum absolute atomic E-state index is 0.289. The van der Waals surface area contributed by atoms with Crippen molar-refractivity contribution in [1.29, 1.82) is 0 Å². The van der Waals surface area contributed by atoms with Gasteiger partial charge in [-0.05, 0) is 53.9 Å². The summed E-state index contributed by atoms with van der Waals surface area (Å²) in [6.45, 7) is 4.34. The highest BCUT2D eigenvalue weighted by Gasteiger charge is 2.34. The summed E-state index contributed by atoms with van der Waals surface area (Å²) in [6.07, 6.45) is 1.58. The largest absolute Gasteiger partial charge is 0.356 e. The van der Waals surface area contributed by atoms with Crippen LogP contribution in [0.5, 0.6) is 0 Å². The lowest BCUT2D eigenvalue weighted by atomic mass is 10.0. The average molecular weight is 451 g/mol. The van der Waals surface area contributed by atoms with Crippen molar-refractivity contribution in [3.05, 3.63) is 58.1 Å². The van der Waals surface area contributed by atoms with Gasteiger partial charge in [0.2, 0.25) is 10.0 Å². The van der Waals surface area contributed by atoms with Crippen molar-refractivity contribution in [2.45, 2.75) is 37.3 Å². The van der Waals surface area contributed by atoms with E-state index in [1.165, 1.54) is 16.8 Å². The fourth-order valence-corrected chi connectivity index (χ4v) is 6.36. The summed E-state index contributed by atoms with van der Waals surface area (Å²) in [4.78, 5) is 2.63. The number of ether oxygens (including phenoxy) is 1. The number of anilines is 1. The Labute approximate surface area is 169 Å². The van der Waals surface area contributed by atoms with E-state index in [4.69, 9.17) is 4.74 Å². The highest BCUT2D eigenvalue weighted by Crippen LogP contribution is 2.33. The molecular weight excluding hydrogens is 428 g/mol. The van der Waals surface area contributed by atoms with Crippen LogP contribution in [0.3, 0.4) is 0 Å². The molecular formula is C20H23BrN2O3S. The molecule has 2 aliphatic heterocycles. The van der Waals surface area contributed by atoms with Crippen LogP contribution in [0.4, 0.5) is 5.69 Å². The van der Waals surface area contributed by atoms with Gasteiger partial charge in [0.25, 0.3) is 0 Å². The third-order valence-electron chi connectivity index (χ3n) is 5.35. The molecule has 2 aromatic rings. The maximum Gasteiger partial charge on any atom is 0.244 e. The van der Waals surface area contributed by atoms with E-state index >= 15 is 0 Å². The van der Waals surface area contributed by atoms with Crippen LogP contribution in [0.25, 0.3) is 0 Å². The van der Waals surface area contributed by atoms with Crippen molar-refractivity contribution < 1.29 is 13.2 Å². The zero-order valence-electron chi connectivity index (χ0n) is 15.3. The molecule has 144 valence electrons. The lowest BCUT2D eigenvalue weighted by Crippen LogP contribution is -2.48. The fourth-order valence-electron chi connectivity index (χ4n) is 3.92. The Morgan fingerprint density at radius 2 is 1.85 bits per heavy atom. The van der Waals surface area contributed by atoms with Crippen LogP contribution in [0.2, 0.25) is 0 Å². The van der Waals surface area contributed by atoms with Gasteiger partial charge in [0, 0.05) is 34.9 Å². The minimum Gasteiger partial charge on any atom is -0.356 e. The van der Waals surface area contributed by atoms with Gasteiger partial charge in [-0.2, -0.15) is 4.31 Å². The number of piperidine rings is 1. The summed E-state index contributed by atoms with van der Waals surface area (Å²) in [6, 6.07) is 13.8. The fraction of sp³-hybridized carbons (Fsp3) is 0.400. The quantitative estimate of drug-likeness (QED) is 0.711. The molecule has 7 heteroatoms. The summed E-state index contributed by atoms with van der Waals surface area (Å²) in [5.74, 6) is 0. The third kappa shape index (κ3) is 3.66. The van der Waals surface area contributed by atoms with Crippen LogP contribution in [0.1, 0.15) is 24.0 Å².